The number of rotatable bonds is 4. The molecule has 88 valence electrons. The highest BCUT2D eigenvalue weighted by atomic mass is 32.2. The summed E-state index contributed by atoms with van der Waals surface area (Å²) < 4.78 is 5.04. The van der Waals surface area contributed by atoms with Crippen LogP contribution in [0.1, 0.15) is 25.1 Å². The van der Waals surface area contributed by atoms with Crippen LogP contribution in [-0.4, -0.2) is 22.8 Å². The predicted octanol–water partition coefficient (Wildman–Crippen LogP) is 2.74. The summed E-state index contributed by atoms with van der Waals surface area (Å²) in [5.41, 5.74) is 2.13. The van der Waals surface area contributed by atoms with Gasteiger partial charge in [-0.2, -0.15) is 0 Å². The van der Waals surface area contributed by atoms with E-state index in [4.69, 9.17) is 4.74 Å². The maximum atomic E-state index is 11.3. The lowest BCUT2D eigenvalue weighted by molar-refractivity contribution is -0.144. The maximum Gasteiger partial charge on any atom is 0.316 e. The van der Waals surface area contributed by atoms with Gasteiger partial charge in [0.2, 0.25) is 0 Å². The van der Waals surface area contributed by atoms with Crippen LogP contribution in [0.4, 0.5) is 0 Å². The molecule has 3 nitrogen and oxygen atoms in total. The number of aryl methyl sites for hydroxylation is 2. The molecule has 0 saturated carbocycles. The van der Waals surface area contributed by atoms with Crippen molar-refractivity contribution >= 4 is 17.7 Å². The fourth-order valence-corrected chi connectivity index (χ4v) is 2.12. The Morgan fingerprint density at radius 1 is 1.44 bits per heavy atom. The summed E-state index contributed by atoms with van der Waals surface area (Å²) in [6, 6.07) is 3.98. The minimum Gasteiger partial charge on any atom is -0.462 e. The zero-order valence-electron chi connectivity index (χ0n) is 10.1. The molecule has 0 bridgehead atoms. The highest BCUT2D eigenvalue weighted by Crippen LogP contribution is 2.17. The Labute approximate surface area is 101 Å². The number of nitrogens with zero attached hydrogens (tertiary/aromatic N) is 1. The van der Waals surface area contributed by atoms with E-state index in [1.807, 2.05) is 39.8 Å². The monoisotopic (exact) mass is 239 g/mol. The molecule has 0 fully saturated rings. The number of ether oxygens (including phenoxy) is 1. The molecule has 0 aromatic carbocycles. The van der Waals surface area contributed by atoms with Crippen LogP contribution in [0.2, 0.25) is 0 Å². The third-order valence-electron chi connectivity index (χ3n) is 1.78. The molecule has 0 amide bonds. The normalized spacial score (nSPS) is 10.6. The highest BCUT2D eigenvalue weighted by molar-refractivity contribution is 7.99. The van der Waals surface area contributed by atoms with Crippen LogP contribution < -0.4 is 0 Å². The average Bonchev–Trinajstić information content (AvgIpc) is 2.12. The predicted molar refractivity (Wildman–Crippen MR) is 65.7 cm³/mol. The molecule has 1 heterocycles. The summed E-state index contributed by atoms with van der Waals surface area (Å²) in [5.74, 6) is 0.120. The molecule has 1 rings (SSSR count). The largest absolute Gasteiger partial charge is 0.462 e. The Bertz CT molecular complexity index is 357. The van der Waals surface area contributed by atoms with Gasteiger partial charge in [-0.1, -0.05) is 11.8 Å². The van der Waals surface area contributed by atoms with Crippen LogP contribution >= 0.6 is 11.8 Å². The van der Waals surface area contributed by atoms with Crippen molar-refractivity contribution in [3.63, 3.8) is 0 Å². The van der Waals surface area contributed by atoms with Gasteiger partial charge in [0, 0.05) is 5.69 Å². The minimum atomic E-state index is -0.194. The summed E-state index contributed by atoms with van der Waals surface area (Å²) in [6.07, 6.45) is -0.0553. The Morgan fingerprint density at radius 2 is 2.12 bits per heavy atom. The van der Waals surface area contributed by atoms with E-state index < -0.39 is 0 Å². The molecule has 0 N–H and O–H groups in total. The summed E-state index contributed by atoms with van der Waals surface area (Å²) >= 11 is 1.41. The number of pyridine rings is 1. The van der Waals surface area contributed by atoms with Gasteiger partial charge in [0.25, 0.3) is 0 Å². The van der Waals surface area contributed by atoms with Crippen LogP contribution in [0.25, 0.3) is 0 Å². The molecule has 4 heteroatoms. The molecule has 0 radical (unpaired) electrons. The van der Waals surface area contributed by atoms with Gasteiger partial charge in [-0.15, -0.1) is 0 Å². The van der Waals surface area contributed by atoms with Crippen LogP contribution in [0.15, 0.2) is 17.2 Å². The Kier molecular flexibility index (Phi) is 4.80. The quantitative estimate of drug-likeness (QED) is 0.598. The standard InChI is InChI=1S/C12H17NO2S/c1-8(2)15-12(14)7-16-11-6-9(3)5-10(4)13-11/h5-6,8H,7H2,1-4H3. The van der Waals surface area contributed by atoms with Gasteiger partial charge in [0.15, 0.2) is 0 Å². The summed E-state index contributed by atoms with van der Waals surface area (Å²) in [6.45, 7) is 7.66. The van der Waals surface area contributed by atoms with Gasteiger partial charge in [-0.3, -0.25) is 4.79 Å². The molecule has 0 atom stereocenters. The Hall–Kier alpha value is -1.03. The molecule has 0 spiro atoms. The van der Waals surface area contributed by atoms with E-state index in [2.05, 4.69) is 4.98 Å². The topological polar surface area (TPSA) is 39.2 Å². The van der Waals surface area contributed by atoms with Crippen molar-refractivity contribution in [2.45, 2.75) is 38.8 Å². The Morgan fingerprint density at radius 3 is 2.69 bits per heavy atom. The second-order valence-electron chi connectivity index (χ2n) is 3.95. The number of hydrogen-bond acceptors (Lipinski definition) is 4. The number of hydrogen-bond donors (Lipinski definition) is 0. The number of esters is 1. The lowest BCUT2D eigenvalue weighted by Crippen LogP contribution is -2.13. The average molecular weight is 239 g/mol. The highest BCUT2D eigenvalue weighted by Gasteiger charge is 2.07. The van der Waals surface area contributed by atoms with Gasteiger partial charge in [0.05, 0.1) is 16.9 Å². The van der Waals surface area contributed by atoms with Gasteiger partial charge in [0.1, 0.15) is 0 Å². The smallest absolute Gasteiger partial charge is 0.316 e. The van der Waals surface area contributed by atoms with Crippen molar-refractivity contribution in [3.05, 3.63) is 23.4 Å². The summed E-state index contributed by atoms with van der Waals surface area (Å²) in [5, 5.41) is 0.873. The number of aromatic nitrogens is 1. The van der Waals surface area contributed by atoms with E-state index >= 15 is 0 Å². The molecule has 0 aliphatic rings. The summed E-state index contributed by atoms with van der Waals surface area (Å²) in [7, 11) is 0. The first-order valence-electron chi connectivity index (χ1n) is 5.25. The van der Waals surface area contributed by atoms with Gasteiger partial charge in [-0.25, -0.2) is 4.98 Å². The SMILES string of the molecule is Cc1cc(C)nc(SCC(=O)OC(C)C)c1. The van der Waals surface area contributed by atoms with Crippen molar-refractivity contribution in [2.24, 2.45) is 0 Å². The van der Waals surface area contributed by atoms with E-state index in [1.54, 1.807) is 0 Å². The van der Waals surface area contributed by atoms with Gasteiger partial charge in [-0.05, 0) is 45.4 Å². The second kappa shape index (κ2) is 5.89. The Balaban J connectivity index is 2.51. The maximum absolute atomic E-state index is 11.3. The first-order valence-corrected chi connectivity index (χ1v) is 6.23. The van der Waals surface area contributed by atoms with E-state index in [0.717, 1.165) is 16.3 Å². The third kappa shape index (κ3) is 4.66. The second-order valence-corrected chi connectivity index (χ2v) is 4.95. The molecule has 1 aromatic rings. The van der Waals surface area contributed by atoms with Crippen LogP contribution in [-0.2, 0) is 9.53 Å². The van der Waals surface area contributed by atoms with Crippen LogP contribution in [0, 0.1) is 13.8 Å². The molecule has 0 aliphatic carbocycles. The molecule has 16 heavy (non-hydrogen) atoms. The van der Waals surface area contributed by atoms with Crippen molar-refractivity contribution in [3.8, 4) is 0 Å². The molecule has 0 unspecified atom stereocenters. The fourth-order valence-electron chi connectivity index (χ4n) is 1.31. The van der Waals surface area contributed by atoms with Crippen molar-refractivity contribution < 1.29 is 9.53 Å². The third-order valence-corrected chi connectivity index (χ3v) is 2.66. The molecular formula is C12H17NO2S. The van der Waals surface area contributed by atoms with Crippen molar-refractivity contribution in [2.75, 3.05) is 5.75 Å². The van der Waals surface area contributed by atoms with E-state index in [9.17, 15) is 4.79 Å². The molecule has 0 aliphatic heterocycles. The zero-order chi connectivity index (χ0) is 12.1. The van der Waals surface area contributed by atoms with Crippen molar-refractivity contribution in [1.29, 1.82) is 0 Å². The van der Waals surface area contributed by atoms with E-state index in [1.165, 1.54) is 11.8 Å². The van der Waals surface area contributed by atoms with Crippen LogP contribution in [0.5, 0.6) is 0 Å². The minimum absolute atomic E-state index is 0.0553. The first kappa shape index (κ1) is 13.0. The lowest BCUT2D eigenvalue weighted by Gasteiger charge is -2.07. The number of carbonyl (C=O) groups excluding carboxylic acids is 1. The molecule has 0 saturated heterocycles. The number of thioether (sulfide) groups is 1. The first-order chi connectivity index (χ1) is 7.47. The van der Waals surface area contributed by atoms with Crippen LogP contribution in [0.3, 0.4) is 0 Å². The lowest BCUT2D eigenvalue weighted by atomic mass is 10.3. The van der Waals surface area contributed by atoms with E-state index in [-0.39, 0.29) is 12.1 Å². The molecule has 1 aromatic heterocycles. The summed E-state index contributed by atoms with van der Waals surface area (Å²) in [4.78, 5) is 15.7. The van der Waals surface area contributed by atoms with E-state index in [0.29, 0.717) is 5.75 Å². The van der Waals surface area contributed by atoms with Gasteiger partial charge < -0.3 is 4.74 Å². The zero-order valence-corrected chi connectivity index (χ0v) is 10.9. The molecular weight excluding hydrogens is 222 g/mol. The van der Waals surface area contributed by atoms with Gasteiger partial charge >= 0.3 is 5.97 Å². The number of carbonyl (C=O) groups is 1. The fraction of sp³-hybridized carbons (Fsp3) is 0.500. The van der Waals surface area contributed by atoms with Crippen molar-refractivity contribution in [1.82, 2.24) is 4.98 Å².